The number of fused-ring (bicyclic) bond motifs is 3. The molecule has 13 heteroatoms. The Morgan fingerprint density at radius 3 is 2.31 bits per heavy atom. The first kappa shape index (κ1) is 24.3. The van der Waals surface area contributed by atoms with Crippen LogP contribution in [0.25, 0.3) is 5.76 Å². The molecule has 1 fully saturated rings. The van der Waals surface area contributed by atoms with Gasteiger partial charge in [0.1, 0.15) is 17.1 Å². The fourth-order valence-corrected chi connectivity index (χ4v) is 5.75. The molecule has 1 aromatic rings. The number of nitrogens with two attached hydrogens (primary N) is 1. The molecular weight excluding hydrogens is 466 g/mol. The number of phenolic OH excluding ortho intramolecular Hbond substituents is 1. The molecule has 3 aliphatic rings. The summed E-state index contributed by atoms with van der Waals surface area (Å²) in [6.07, 6.45) is -1.73. The number of amides is 1. The molecule has 4 rings (SSSR count). The molecule has 0 saturated heterocycles. The highest BCUT2D eigenvalue weighted by Gasteiger charge is 2.68. The number of aliphatic hydroxyl groups is 4. The van der Waals surface area contributed by atoms with Gasteiger partial charge < -0.3 is 31.3 Å². The first-order valence-electron chi connectivity index (χ1n) is 10.5. The lowest BCUT2D eigenvalue weighted by atomic mass is 9.54. The standard InChI is InChI=1S/C22H23N3O10/c1-6-7-4-5-8(25(34)35)15(26)10(7)16(27)11-9(6)17(28)13-14(24(2)3)18(29)12(21(23)32)20(31)22(13,33)19(11)30/h4-6,9,13-14,17,26-28,31,33H,1-3H3,(H2,23,32)/t6-,9+,13-,14-,17+,22-/m0/s1. The summed E-state index contributed by atoms with van der Waals surface area (Å²) in [6, 6.07) is 0.817. The molecule has 35 heavy (non-hydrogen) atoms. The number of aromatic hydroxyl groups is 1. The van der Waals surface area contributed by atoms with E-state index >= 15 is 0 Å². The van der Waals surface area contributed by atoms with Crippen molar-refractivity contribution < 1.29 is 44.8 Å². The van der Waals surface area contributed by atoms with Crippen LogP contribution in [0.1, 0.15) is 24.0 Å². The Bertz CT molecular complexity index is 1280. The maximum absolute atomic E-state index is 13.7. The van der Waals surface area contributed by atoms with E-state index in [0.29, 0.717) is 0 Å². The van der Waals surface area contributed by atoms with E-state index in [1.54, 1.807) is 0 Å². The Morgan fingerprint density at radius 2 is 1.80 bits per heavy atom. The van der Waals surface area contributed by atoms with Crippen LogP contribution in [0.3, 0.4) is 0 Å². The Labute approximate surface area is 197 Å². The molecule has 0 aliphatic heterocycles. The van der Waals surface area contributed by atoms with Gasteiger partial charge in [-0.2, -0.15) is 0 Å². The van der Waals surface area contributed by atoms with Gasteiger partial charge in [-0.05, 0) is 25.6 Å². The molecule has 0 aromatic heterocycles. The van der Waals surface area contributed by atoms with Crippen LogP contribution in [0.15, 0.2) is 29.0 Å². The summed E-state index contributed by atoms with van der Waals surface area (Å²) in [6.45, 7) is 1.53. The Hall–Kier alpha value is -3.81. The second kappa shape index (κ2) is 7.60. The van der Waals surface area contributed by atoms with Gasteiger partial charge in [-0.3, -0.25) is 29.4 Å². The average molecular weight is 489 g/mol. The van der Waals surface area contributed by atoms with E-state index in [-0.39, 0.29) is 5.56 Å². The zero-order chi connectivity index (χ0) is 26.3. The molecule has 6 atom stereocenters. The quantitative estimate of drug-likeness (QED) is 0.179. The number of ketones is 2. The van der Waals surface area contributed by atoms with Crippen LogP contribution in [0.4, 0.5) is 5.69 Å². The van der Waals surface area contributed by atoms with Gasteiger partial charge in [-0.25, -0.2) is 0 Å². The number of hydrogen-bond acceptors (Lipinski definition) is 11. The summed E-state index contributed by atoms with van der Waals surface area (Å²) in [4.78, 5) is 50.4. The summed E-state index contributed by atoms with van der Waals surface area (Å²) in [5.41, 5.74) is -0.450. The van der Waals surface area contributed by atoms with Crippen LogP contribution in [0.2, 0.25) is 0 Å². The number of nitrogens with zero attached hydrogens (tertiary/aromatic N) is 2. The van der Waals surface area contributed by atoms with Crippen LogP contribution in [0, 0.1) is 22.0 Å². The average Bonchev–Trinajstić information content (AvgIpc) is 2.75. The molecule has 0 spiro atoms. The van der Waals surface area contributed by atoms with Crippen LogP contribution in [0.5, 0.6) is 5.75 Å². The predicted molar refractivity (Wildman–Crippen MR) is 117 cm³/mol. The van der Waals surface area contributed by atoms with E-state index in [9.17, 15) is 50.0 Å². The van der Waals surface area contributed by atoms with Gasteiger partial charge in [0.25, 0.3) is 5.91 Å². The Balaban J connectivity index is 2.07. The molecule has 3 aliphatic carbocycles. The number of likely N-dealkylation sites (N-methyl/N-ethyl adjacent to an activating group) is 1. The van der Waals surface area contributed by atoms with E-state index in [0.717, 1.165) is 6.07 Å². The zero-order valence-corrected chi connectivity index (χ0v) is 18.8. The third-order valence-electron chi connectivity index (χ3n) is 7.30. The first-order chi connectivity index (χ1) is 16.2. The lowest BCUT2D eigenvalue weighted by molar-refractivity contribution is -0.385. The molecule has 0 radical (unpaired) electrons. The van der Waals surface area contributed by atoms with Crippen molar-refractivity contribution in [3.8, 4) is 5.75 Å². The number of primary amides is 1. The molecule has 1 amide bonds. The number of aliphatic hydroxyl groups excluding tert-OH is 3. The maximum Gasteiger partial charge on any atom is 0.311 e. The zero-order valence-electron chi connectivity index (χ0n) is 18.8. The fourth-order valence-electron chi connectivity index (χ4n) is 5.75. The molecule has 186 valence electrons. The molecule has 0 unspecified atom stereocenters. The van der Waals surface area contributed by atoms with Crippen LogP contribution in [-0.4, -0.2) is 84.7 Å². The molecule has 1 saturated carbocycles. The molecule has 7 N–H and O–H groups in total. The normalized spacial score (nSPS) is 32.3. The predicted octanol–water partition coefficient (Wildman–Crippen LogP) is -0.596. The number of rotatable bonds is 3. The second-order valence-corrected chi connectivity index (χ2v) is 9.20. The molecule has 1 aromatic carbocycles. The number of carbonyl (C=O) groups excluding carboxylic acids is 3. The van der Waals surface area contributed by atoms with Crippen molar-refractivity contribution in [2.75, 3.05) is 14.1 Å². The first-order valence-corrected chi connectivity index (χ1v) is 10.5. The van der Waals surface area contributed by atoms with E-state index < -0.39 is 97.6 Å². The minimum atomic E-state index is -3.04. The van der Waals surface area contributed by atoms with Gasteiger partial charge in [-0.1, -0.05) is 13.0 Å². The third kappa shape index (κ3) is 2.89. The van der Waals surface area contributed by atoms with Gasteiger partial charge in [0.2, 0.25) is 11.5 Å². The summed E-state index contributed by atoms with van der Waals surface area (Å²) >= 11 is 0. The highest BCUT2D eigenvalue weighted by atomic mass is 16.6. The summed E-state index contributed by atoms with van der Waals surface area (Å²) in [7, 11) is 2.81. The van der Waals surface area contributed by atoms with Gasteiger partial charge >= 0.3 is 5.69 Å². The van der Waals surface area contributed by atoms with Crippen molar-refractivity contribution in [2.24, 2.45) is 17.6 Å². The van der Waals surface area contributed by atoms with E-state index in [2.05, 4.69) is 0 Å². The maximum atomic E-state index is 13.7. The number of carbonyl (C=O) groups is 3. The second-order valence-electron chi connectivity index (χ2n) is 9.20. The number of hydrogen-bond donors (Lipinski definition) is 6. The smallest absolute Gasteiger partial charge is 0.311 e. The van der Waals surface area contributed by atoms with Gasteiger partial charge in [0.05, 0.1) is 28.6 Å². The largest absolute Gasteiger partial charge is 0.508 e. The highest BCUT2D eigenvalue weighted by molar-refractivity contribution is 6.24. The summed E-state index contributed by atoms with van der Waals surface area (Å²) in [5.74, 6) is -10.7. The van der Waals surface area contributed by atoms with E-state index in [4.69, 9.17) is 5.73 Å². The molecule has 13 nitrogen and oxygen atoms in total. The minimum absolute atomic E-state index is 0.178. The summed E-state index contributed by atoms with van der Waals surface area (Å²) in [5, 5.41) is 66.6. The van der Waals surface area contributed by atoms with Crippen molar-refractivity contribution in [3.05, 3.63) is 50.3 Å². The number of nitro groups is 1. The molecular formula is C22H23N3O10. The molecule has 0 bridgehead atoms. The number of nitro benzene ring substituents is 1. The van der Waals surface area contributed by atoms with Crippen molar-refractivity contribution in [2.45, 2.75) is 30.6 Å². The Morgan fingerprint density at radius 1 is 1.20 bits per heavy atom. The topological polar surface area (TPSA) is 225 Å². The minimum Gasteiger partial charge on any atom is -0.508 e. The van der Waals surface area contributed by atoms with Gasteiger partial charge in [0, 0.05) is 17.6 Å². The SMILES string of the molecule is C[C@H]1c2ccc([N+](=O)[O-])c(O)c2C(O)=C2C(=O)[C@]3(O)C(O)=C(C(N)=O)C(=O)[C@@H](N(C)C)[C@H]3[C@H](O)[C@@H]21. The monoisotopic (exact) mass is 489 g/mol. The van der Waals surface area contributed by atoms with Gasteiger partial charge in [-0.15, -0.1) is 0 Å². The van der Waals surface area contributed by atoms with E-state index in [1.807, 2.05) is 0 Å². The Kier molecular flexibility index (Phi) is 5.28. The van der Waals surface area contributed by atoms with Gasteiger partial charge in [0.15, 0.2) is 11.4 Å². The van der Waals surface area contributed by atoms with Crippen molar-refractivity contribution in [1.29, 1.82) is 0 Å². The van der Waals surface area contributed by atoms with Crippen LogP contribution >= 0.6 is 0 Å². The lowest BCUT2D eigenvalue weighted by Gasteiger charge is -2.53. The van der Waals surface area contributed by atoms with Crippen molar-refractivity contribution in [1.82, 2.24) is 4.90 Å². The number of Topliss-reactive ketones (excluding diaryl/α,β-unsaturated/α-hetero) is 2. The number of phenols is 1. The van der Waals surface area contributed by atoms with Crippen molar-refractivity contribution >= 4 is 28.9 Å². The van der Waals surface area contributed by atoms with E-state index in [1.165, 1.54) is 32.0 Å². The van der Waals surface area contributed by atoms with Crippen LogP contribution in [-0.2, 0) is 14.4 Å². The molecule has 0 heterocycles. The van der Waals surface area contributed by atoms with Crippen LogP contribution < -0.4 is 5.73 Å². The third-order valence-corrected chi connectivity index (χ3v) is 7.30. The van der Waals surface area contributed by atoms with Crippen molar-refractivity contribution in [3.63, 3.8) is 0 Å². The lowest BCUT2D eigenvalue weighted by Crippen LogP contribution is -2.70. The highest BCUT2D eigenvalue weighted by Crippen LogP contribution is 2.56. The summed E-state index contributed by atoms with van der Waals surface area (Å²) < 4.78 is 0. The number of benzene rings is 1. The fraction of sp³-hybridized carbons (Fsp3) is 0.409.